The molecule has 2 N–H and O–H groups in total. The van der Waals surface area contributed by atoms with Gasteiger partial charge in [0.15, 0.2) is 0 Å². The molecule has 1 aromatic carbocycles. The van der Waals surface area contributed by atoms with E-state index in [-0.39, 0.29) is 15.5 Å². The number of aliphatic hydroxyl groups is 1. The van der Waals surface area contributed by atoms with E-state index in [1.54, 1.807) is 12.3 Å². The Balaban J connectivity index is 2.43. The van der Waals surface area contributed by atoms with Gasteiger partial charge in [0.1, 0.15) is 16.5 Å². The fourth-order valence-corrected chi connectivity index (χ4v) is 4.46. The maximum atomic E-state index is 13.5. The minimum Gasteiger partial charge on any atom is -0.391 e. The number of thiophene rings is 1. The van der Waals surface area contributed by atoms with Crippen molar-refractivity contribution in [2.75, 3.05) is 4.72 Å². The van der Waals surface area contributed by atoms with E-state index in [2.05, 4.69) is 4.72 Å². The van der Waals surface area contributed by atoms with Crippen LogP contribution < -0.4 is 4.72 Å². The summed E-state index contributed by atoms with van der Waals surface area (Å²) in [7, 11) is -4.04. The van der Waals surface area contributed by atoms with E-state index in [0.717, 1.165) is 23.5 Å². The summed E-state index contributed by atoms with van der Waals surface area (Å²) in [6, 6.07) is 2.54. The molecule has 0 fully saturated rings. The molecule has 108 valence electrons. The minimum absolute atomic E-state index is 0.0753. The van der Waals surface area contributed by atoms with Crippen molar-refractivity contribution < 1.29 is 22.3 Å². The highest BCUT2D eigenvalue weighted by Gasteiger charge is 2.23. The first-order valence-corrected chi connectivity index (χ1v) is 7.87. The summed E-state index contributed by atoms with van der Waals surface area (Å²) in [5.74, 6) is -1.81. The molecule has 0 aliphatic rings. The molecule has 2 rings (SSSR count). The number of halogens is 2. The Morgan fingerprint density at radius 1 is 1.35 bits per heavy atom. The summed E-state index contributed by atoms with van der Waals surface area (Å²) in [6.07, 6.45) is 0. The lowest BCUT2D eigenvalue weighted by Gasteiger charge is -2.10. The number of nitrogens with one attached hydrogen (secondary N) is 1. The number of hydrogen-bond donors (Lipinski definition) is 2. The Morgan fingerprint density at radius 2 is 2.05 bits per heavy atom. The summed E-state index contributed by atoms with van der Waals surface area (Å²) >= 11 is 1.10. The van der Waals surface area contributed by atoms with Crippen LogP contribution in [0.15, 0.2) is 28.5 Å². The molecule has 0 saturated heterocycles. The predicted molar refractivity (Wildman–Crippen MR) is 72.1 cm³/mol. The third-order valence-electron chi connectivity index (χ3n) is 2.58. The van der Waals surface area contributed by atoms with E-state index in [1.807, 2.05) is 0 Å². The van der Waals surface area contributed by atoms with Gasteiger partial charge in [0, 0.05) is 6.07 Å². The van der Waals surface area contributed by atoms with Crippen LogP contribution in [0.5, 0.6) is 0 Å². The van der Waals surface area contributed by atoms with Crippen molar-refractivity contribution in [1.29, 1.82) is 0 Å². The van der Waals surface area contributed by atoms with Crippen LogP contribution >= 0.6 is 11.3 Å². The second-order valence-electron chi connectivity index (χ2n) is 4.06. The van der Waals surface area contributed by atoms with Gasteiger partial charge in [0.05, 0.1) is 17.2 Å². The number of hydrogen-bond acceptors (Lipinski definition) is 4. The SMILES string of the molecule is Cc1csc(CO)c1S(=O)(=O)Nc1ccc(F)cc1F. The molecule has 0 atom stereocenters. The molecule has 0 spiro atoms. The molecule has 0 amide bonds. The Labute approximate surface area is 118 Å². The van der Waals surface area contributed by atoms with Crippen molar-refractivity contribution in [3.05, 3.63) is 45.7 Å². The van der Waals surface area contributed by atoms with Crippen LogP contribution in [0, 0.1) is 18.6 Å². The molecular weight excluding hydrogens is 308 g/mol. The van der Waals surface area contributed by atoms with Crippen molar-refractivity contribution >= 4 is 27.0 Å². The summed E-state index contributed by atoms with van der Waals surface area (Å²) in [5, 5.41) is 10.7. The van der Waals surface area contributed by atoms with E-state index in [4.69, 9.17) is 5.11 Å². The lowest BCUT2D eigenvalue weighted by Crippen LogP contribution is -2.16. The largest absolute Gasteiger partial charge is 0.391 e. The van der Waals surface area contributed by atoms with Crippen LogP contribution in [0.4, 0.5) is 14.5 Å². The molecule has 0 aliphatic heterocycles. The summed E-state index contributed by atoms with van der Waals surface area (Å²) in [4.78, 5) is 0.186. The van der Waals surface area contributed by atoms with E-state index >= 15 is 0 Å². The number of aliphatic hydroxyl groups excluding tert-OH is 1. The molecule has 0 bridgehead atoms. The van der Waals surface area contributed by atoms with Crippen LogP contribution in [0.2, 0.25) is 0 Å². The number of rotatable bonds is 4. The normalized spacial score (nSPS) is 11.6. The third-order valence-corrected chi connectivity index (χ3v) is 5.39. The fourth-order valence-electron chi connectivity index (χ4n) is 1.73. The summed E-state index contributed by atoms with van der Waals surface area (Å²) in [5.41, 5.74) is 0.106. The fraction of sp³-hybridized carbons (Fsp3) is 0.167. The monoisotopic (exact) mass is 319 g/mol. The molecule has 0 saturated carbocycles. The van der Waals surface area contributed by atoms with Crippen molar-refractivity contribution in [2.45, 2.75) is 18.4 Å². The number of anilines is 1. The molecule has 0 aliphatic carbocycles. The third kappa shape index (κ3) is 2.82. The lowest BCUT2D eigenvalue weighted by molar-refractivity contribution is 0.282. The van der Waals surface area contributed by atoms with Crippen LogP contribution in [-0.4, -0.2) is 13.5 Å². The summed E-state index contributed by atoms with van der Waals surface area (Å²) < 4.78 is 52.8. The molecule has 8 heteroatoms. The average Bonchev–Trinajstić information content (AvgIpc) is 2.75. The summed E-state index contributed by atoms with van der Waals surface area (Å²) in [6.45, 7) is 1.14. The van der Waals surface area contributed by atoms with Gasteiger partial charge in [-0.2, -0.15) is 0 Å². The van der Waals surface area contributed by atoms with Gasteiger partial charge in [-0.05, 0) is 30.0 Å². The number of aryl methyl sites for hydroxylation is 1. The van der Waals surface area contributed by atoms with E-state index < -0.39 is 28.3 Å². The van der Waals surface area contributed by atoms with Crippen LogP contribution in [0.25, 0.3) is 0 Å². The van der Waals surface area contributed by atoms with Gasteiger partial charge < -0.3 is 5.11 Å². The zero-order valence-corrected chi connectivity index (χ0v) is 12.0. The lowest BCUT2D eigenvalue weighted by atomic mass is 10.3. The van der Waals surface area contributed by atoms with Crippen molar-refractivity contribution in [2.24, 2.45) is 0 Å². The first-order chi connectivity index (χ1) is 9.35. The van der Waals surface area contributed by atoms with E-state index in [0.29, 0.717) is 11.6 Å². The van der Waals surface area contributed by atoms with Gasteiger partial charge in [-0.25, -0.2) is 17.2 Å². The van der Waals surface area contributed by atoms with Crippen molar-refractivity contribution in [3.8, 4) is 0 Å². The van der Waals surface area contributed by atoms with E-state index in [1.165, 1.54) is 0 Å². The molecule has 4 nitrogen and oxygen atoms in total. The van der Waals surface area contributed by atoms with Crippen LogP contribution in [-0.2, 0) is 16.6 Å². The second-order valence-corrected chi connectivity index (χ2v) is 6.64. The minimum atomic E-state index is -4.04. The molecule has 1 aromatic heterocycles. The van der Waals surface area contributed by atoms with Crippen molar-refractivity contribution in [3.63, 3.8) is 0 Å². The van der Waals surface area contributed by atoms with Gasteiger partial charge in [0.2, 0.25) is 0 Å². The van der Waals surface area contributed by atoms with Crippen LogP contribution in [0.1, 0.15) is 10.4 Å². The topological polar surface area (TPSA) is 66.4 Å². The zero-order chi connectivity index (χ0) is 14.9. The van der Waals surface area contributed by atoms with Gasteiger partial charge in [-0.1, -0.05) is 0 Å². The maximum Gasteiger partial charge on any atom is 0.263 e. The maximum absolute atomic E-state index is 13.5. The van der Waals surface area contributed by atoms with Gasteiger partial charge in [-0.15, -0.1) is 11.3 Å². The van der Waals surface area contributed by atoms with Gasteiger partial charge in [0.25, 0.3) is 10.0 Å². The molecule has 0 radical (unpaired) electrons. The smallest absolute Gasteiger partial charge is 0.263 e. The highest BCUT2D eigenvalue weighted by atomic mass is 32.2. The second kappa shape index (κ2) is 5.47. The predicted octanol–water partition coefficient (Wildman–Crippen LogP) is 2.63. The Hall–Kier alpha value is -1.51. The molecule has 0 unspecified atom stereocenters. The van der Waals surface area contributed by atoms with Crippen molar-refractivity contribution in [1.82, 2.24) is 0 Å². The number of sulfonamides is 1. The highest BCUT2D eigenvalue weighted by Crippen LogP contribution is 2.29. The first-order valence-electron chi connectivity index (χ1n) is 5.51. The van der Waals surface area contributed by atoms with Gasteiger partial charge in [-0.3, -0.25) is 4.72 Å². The zero-order valence-electron chi connectivity index (χ0n) is 10.4. The first kappa shape index (κ1) is 14.9. The molecule has 20 heavy (non-hydrogen) atoms. The van der Waals surface area contributed by atoms with Crippen LogP contribution in [0.3, 0.4) is 0 Å². The standard InChI is InChI=1S/C12H11F2NO3S2/c1-7-6-19-11(5-16)12(7)20(17,18)15-10-3-2-8(13)4-9(10)14/h2-4,6,15-16H,5H2,1H3. The Bertz CT molecular complexity index is 741. The number of benzene rings is 1. The average molecular weight is 319 g/mol. The Morgan fingerprint density at radius 3 is 2.65 bits per heavy atom. The molecule has 1 heterocycles. The highest BCUT2D eigenvalue weighted by molar-refractivity contribution is 7.93. The Kier molecular flexibility index (Phi) is 4.07. The van der Waals surface area contributed by atoms with E-state index in [9.17, 15) is 17.2 Å². The molecule has 2 aromatic rings. The molecular formula is C12H11F2NO3S2. The van der Waals surface area contributed by atoms with Gasteiger partial charge >= 0.3 is 0 Å². The quantitative estimate of drug-likeness (QED) is 0.910.